The van der Waals surface area contributed by atoms with Crippen molar-refractivity contribution < 1.29 is 17.1 Å². The fraction of sp³-hybridized carbons (Fsp3) is 0.464. The molecule has 2 aliphatic carbocycles. The van der Waals surface area contributed by atoms with E-state index >= 15 is 0 Å². The van der Waals surface area contributed by atoms with Crippen LogP contribution in [-0.4, -0.2) is 0 Å². The van der Waals surface area contributed by atoms with Gasteiger partial charge in [-0.25, -0.2) is 0 Å². The maximum absolute atomic E-state index is 4.07. The van der Waals surface area contributed by atoms with Crippen molar-refractivity contribution in [3.8, 4) is 0 Å². The summed E-state index contributed by atoms with van der Waals surface area (Å²) in [6, 6.07) is 0. The van der Waals surface area contributed by atoms with Crippen LogP contribution in [0.2, 0.25) is 0 Å². The van der Waals surface area contributed by atoms with E-state index in [9.17, 15) is 0 Å². The fourth-order valence-electron chi connectivity index (χ4n) is 4.45. The average Bonchev–Trinajstić information content (AvgIpc) is 3.08. The van der Waals surface area contributed by atoms with Crippen molar-refractivity contribution in [2.75, 3.05) is 0 Å². The smallest absolute Gasteiger partial charge is 0.103 e. The molecule has 0 atom stereocenters. The summed E-state index contributed by atoms with van der Waals surface area (Å²) in [6.45, 7) is 25.0. The molecule has 162 valence electrons. The number of hydrogen-bond acceptors (Lipinski definition) is 0. The summed E-state index contributed by atoms with van der Waals surface area (Å²) >= 11 is 0. The predicted molar refractivity (Wildman–Crippen MR) is 131 cm³/mol. The molecule has 2 heteroatoms. The summed E-state index contributed by atoms with van der Waals surface area (Å²) in [7, 11) is 1.47. The molecule has 3 rings (SSSR count). The van der Waals surface area contributed by atoms with Crippen LogP contribution >= 0.6 is 8.58 Å². The van der Waals surface area contributed by atoms with E-state index in [2.05, 4.69) is 61.3 Å². The van der Waals surface area contributed by atoms with Crippen LogP contribution < -0.4 is 0 Å². The summed E-state index contributed by atoms with van der Waals surface area (Å²) < 4.78 is 0. The van der Waals surface area contributed by atoms with Crippen molar-refractivity contribution >= 4 is 8.58 Å². The molecule has 1 saturated heterocycles. The van der Waals surface area contributed by atoms with Gasteiger partial charge in [0.1, 0.15) is 0 Å². The molecule has 0 spiro atoms. The minimum atomic E-state index is 0. The maximum Gasteiger partial charge on any atom is 2.00 e. The number of allylic oxidation sites excluding steroid dienone is 3. The van der Waals surface area contributed by atoms with Gasteiger partial charge >= 0.3 is 17.1 Å². The van der Waals surface area contributed by atoms with Crippen molar-refractivity contribution in [3.63, 3.8) is 0 Å². The first-order chi connectivity index (χ1) is 13.7. The molecule has 1 heterocycles. The molecule has 2 saturated carbocycles. The van der Waals surface area contributed by atoms with Gasteiger partial charge in [0.05, 0.1) is 0 Å². The zero-order chi connectivity index (χ0) is 21.7. The molecule has 3 aliphatic rings. The third-order valence-corrected chi connectivity index (χ3v) is 7.71. The van der Waals surface area contributed by atoms with E-state index in [-0.39, 0.29) is 17.1 Å². The molecule has 0 aromatic heterocycles. The van der Waals surface area contributed by atoms with E-state index in [4.69, 9.17) is 0 Å². The van der Waals surface area contributed by atoms with Crippen molar-refractivity contribution in [3.05, 3.63) is 89.7 Å². The van der Waals surface area contributed by atoms with E-state index in [1.165, 1.54) is 75.0 Å². The molecule has 0 aromatic carbocycles. The SMILES string of the molecule is C=C(C)C[C]1[P][C](CC(=C)C)[C]2CCCC[C]12.C=CC[C]1[C](C)[C](C)[C](C)[C]1C.[Fe+2]. The largest absolute Gasteiger partial charge is 2.00 e. The second-order valence-electron chi connectivity index (χ2n) is 8.91. The van der Waals surface area contributed by atoms with Crippen LogP contribution in [0, 0.1) is 52.7 Å². The number of fused-ring (bicyclic) bond motifs is 1. The van der Waals surface area contributed by atoms with Gasteiger partial charge in [-0.2, -0.15) is 0 Å². The van der Waals surface area contributed by atoms with Crippen LogP contribution in [0.1, 0.15) is 86.5 Å². The van der Waals surface area contributed by atoms with Crippen molar-refractivity contribution in [1.29, 1.82) is 0 Å². The minimum absolute atomic E-state index is 0. The van der Waals surface area contributed by atoms with E-state index in [0.717, 1.165) is 19.3 Å². The zero-order valence-corrected chi connectivity index (χ0v) is 21.9. The normalized spacial score (nSPS) is 23.7. The van der Waals surface area contributed by atoms with Gasteiger partial charge in [0, 0.05) is 11.3 Å². The summed E-state index contributed by atoms with van der Waals surface area (Å²) in [5.74, 6) is 10.6. The van der Waals surface area contributed by atoms with Gasteiger partial charge < -0.3 is 0 Å². The zero-order valence-electron chi connectivity index (χ0n) is 19.9. The van der Waals surface area contributed by atoms with Gasteiger partial charge in [0.25, 0.3) is 0 Å². The van der Waals surface area contributed by atoms with E-state index < -0.39 is 0 Å². The quantitative estimate of drug-likeness (QED) is 0.210. The van der Waals surface area contributed by atoms with E-state index in [1.807, 2.05) is 6.08 Å². The first kappa shape index (κ1) is 28.2. The van der Waals surface area contributed by atoms with E-state index in [0.29, 0.717) is 0 Å². The number of hydrogen-bond donors (Lipinski definition) is 0. The molecule has 0 nitrogen and oxygen atoms in total. The molecule has 10 radical (unpaired) electrons. The van der Waals surface area contributed by atoms with Gasteiger partial charge in [-0.1, -0.05) is 66.3 Å². The van der Waals surface area contributed by atoms with Crippen LogP contribution in [-0.2, 0) is 17.1 Å². The Bertz CT molecular complexity index is 523. The molecule has 0 aromatic rings. The van der Waals surface area contributed by atoms with Crippen LogP contribution in [0.15, 0.2) is 37.0 Å². The van der Waals surface area contributed by atoms with Gasteiger partial charge in [0.15, 0.2) is 0 Å². The Labute approximate surface area is 201 Å². The van der Waals surface area contributed by atoms with Crippen LogP contribution in [0.4, 0.5) is 0 Å². The molecule has 0 bridgehead atoms. The molecular weight excluding hydrogens is 423 g/mol. The van der Waals surface area contributed by atoms with Crippen LogP contribution in [0.25, 0.3) is 0 Å². The molecule has 1 aliphatic heterocycles. The Morgan fingerprint density at radius 1 is 0.800 bits per heavy atom. The standard InChI is InChI=1S/C16H22P.C12H17.Fe/c1-11(2)9-15-13-7-5-6-8-14(13)16(17-15)10-12(3)4;1-6-7-12-10(4)8(2)9(3)11(12)5;/h1,3,5-10H2,2,4H3;6H,1,7H2,2-5H3;/q;;+2. The summed E-state index contributed by atoms with van der Waals surface area (Å²) in [5, 5.41) is 0. The molecule has 0 unspecified atom stereocenters. The Kier molecular flexibility index (Phi) is 12.2. The Balaban J connectivity index is 0.000000308. The van der Waals surface area contributed by atoms with Crippen LogP contribution in [0.3, 0.4) is 0 Å². The second-order valence-corrected chi connectivity index (χ2v) is 10.2. The van der Waals surface area contributed by atoms with Crippen molar-refractivity contribution in [2.45, 2.75) is 86.5 Å². The summed E-state index contributed by atoms with van der Waals surface area (Å²) in [4.78, 5) is 0. The first-order valence-electron chi connectivity index (χ1n) is 10.9. The fourth-order valence-corrected chi connectivity index (χ4v) is 6.24. The second kappa shape index (κ2) is 13.0. The Hall–Kier alpha value is 0.169. The Morgan fingerprint density at radius 3 is 1.53 bits per heavy atom. The third-order valence-electron chi connectivity index (χ3n) is 6.31. The molecular formula is C28H39FeP+2. The first-order valence-corrected chi connectivity index (χ1v) is 11.8. The third kappa shape index (κ3) is 7.09. The van der Waals surface area contributed by atoms with E-state index in [1.54, 1.807) is 23.2 Å². The summed E-state index contributed by atoms with van der Waals surface area (Å²) in [5.41, 5.74) is 5.84. The van der Waals surface area contributed by atoms with Gasteiger partial charge in [-0.05, 0) is 87.4 Å². The maximum atomic E-state index is 4.07. The molecule has 30 heavy (non-hydrogen) atoms. The molecule has 0 amide bonds. The van der Waals surface area contributed by atoms with Crippen molar-refractivity contribution in [1.82, 2.24) is 0 Å². The molecule has 3 fully saturated rings. The van der Waals surface area contributed by atoms with Gasteiger partial charge in [0.2, 0.25) is 0 Å². The topological polar surface area (TPSA) is 0 Å². The van der Waals surface area contributed by atoms with Crippen molar-refractivity contribution in [2.24, 2.45) is 0 Å². The van der Waals surface area contributed by atoms with Gasteiger partial charge in [-0.15, -0.1) is 19.7 Å². The average molecular weight is 462 g/mol. The predicted octanol–water partition coefficient (Wildman–Crippen LogP) is 9.19. The van der Waals surface area contributed by atoms with Crippen LogP contribution in [0.5, 0.6) is 0 Å². The number of rotatable bonds is 6. The minimum Gasteiger partial charge on any atom is -0.103 e. The molecule has 0 N–H and O–H groups in total. The van der Waals surface area contributed by atoms with Gasteiger partial charge in [-0.3, -0.25) is 0 Å². The Morgan fingerprint density at radius 2 is 1.20 bits per heavy atom. The monoisotopic (exact) mass is 462 g/mol. The summed E-state index contributed by atoms with van der Waals surface area (Å²) in [6.07, 6.45) is 10.5.